The van der Waals surface area contributed by atoms with E-state index in [4.69, 9.17) is 14.6 Å². The minimum atomic E-state index is 0.170. The van der Waals surface area contributed by atoms with Gasteiger partial charge in [0.1, 0.15) is 18.4 Å². The summed E-state index contributed by atoms with van der Waals surface area (Å²) in [6.45, 7) is 2.76. The van der Waals surface area contributed by atoms with Crippen LogP contribution in [0.1, 0.15) is 5.56 Å². The molecule has 2 aromatic heterocycles. The number of oxime groups is 1. The molecule has 4 rings (SSSR count). The normalized spacial score (nSPS) is 14.8. The Morgan fingerprint density at radius 1 is 1.22 bits per heavy atom. The van der Waals surface area contributed by atoms with Crippen molar-refractivity contribution >= 4 is 23.1 Å². The minimum absolute atomic E-state index is 0.170. The number of nitrogens with zero attached hydrogens (tertiary/aromatic N) is 5. The second kappa shape index (κ2) is 7.55. The number of phenols is 1. The lowest BCUT2D eigenvalue weighted by Crippen LogP contribution is -2.37. The summed E-state index contributed by atoms with van der Waals surface area (Å²) < 4.78 is 5.46. The Kier molecular flexibility index (Phi) is 4.80. The average Bonchev–Trinajstić information content (AvgIpc) is 2.72. The highest BCUT2D eigenvalue weighted by Gasteiger charge is 2.19. The van der Waals surface area contributed by atoms with E-state index in [-0.39, 0.29) is 5.75 Å². The number of ether oxygens (including phenoxy) is 1. The molecular formula is C19H19N5O3. The standard InChI is InChI=1S/C19H19N5O3/c1-26-21-12-13-9-16-17(20-11-13)19(24-5-7-27-8-6-24)23-18(22-16)14-3-2-4-15(25)10-14/h2-4,9-12,25H,5-8H2,1H3/b21-12-. The highest BCUT2D eigenvalue weighted by atomic mass is 16.6. The van der Waals surface area contributed by atoms with E-state index in [1.54, 1.807) is 30.6 Å². The first-order chi connectivity index (χ1) is 13.2. The van der Waals surface area contributed by atoms with Crippen LogP contribution in [0.25, 0.3) is 22.4 Å². The van der Waals surface area contributed by atoms with Crippen LogP contribution < -0.4 is 4.90 Å². The van der Waals surface area contributed by atoms with E-state index in [1.165, 1.54) is 7.11 Å². The van der Waals surface area contributed by atoms with Crippen LogP contribution in [0.2, 0.25) is 0 Å². The topological polar surface area (TPSA) is 93.0 Å². The van der Waals surface area contributed by atoms with Gasteiger partial charge in [0, 0.05) is 30.4 Å². The van der Waals surface area contributed by atoms with Gasteiger partial charge in [-0.25, -0.2) is 9.97 Å². The van der Waals surface area contributed by atoms with Crippen LogP contribution in [0, 0.1) is 0 Å². The fourth-order valence-electron chi connectivity index (χ4n) is 2.97. The Morgan fingerprint density at radius 2 is 2.07 bits per heavy atom. The van der Waals surface area contributed by atoms with E-state index in [1.807, 2.05) is 12.1 Å². The summed E-state index contributed by atoms with van der Waals surface area (Å²) >= 11 is 0. The number of rotatable bonds is 4. The minimum Gasteiger partial charge on any atom is -0.508 e. The van der Waals surface area contributed by atoms with Crippen LogP contribution in [0.4, 0.5) is 5.82 Å². The van der Waals surface area contributed by atoms with Gasteiger partial charge in [0.05, 0.1) is 24.9 Å². The summed E-state index contributed by atoms with van der Waals surface area (Å²) in [6, 6.07) is 8.80. The van der Waals surface area contributed by atoms with Crippen molar-refractivity contribution in [1.29, 1.82) is 0 Å². The summed E-state index contributed by atoms with van der Waals surface area (Å²) in [5.41, 5.74) is 2.93. The first-order valence-electron chi connectivity index (χ1n) is 8.61. The number of benzene rings is 1. The molecule has 1 saturated heterocycles. The second-order valence-corrected chi connectivity index (χ2v) is 6.07. The number of aromatic hydroxyl groups is 1. The van der Waals surface area contributed by atoms with E-state index < -0.39 is 0 Å². The SMILES string of the molecule is CO/N=C\c1cnc2c(N3CCOCC3)nc(-c3cccc(O)c3)nc2c1. The lowest BCUT2D eigenvalue weighted by atomic mass is 10.2. The molecule has 0 spiro atoms. The monoisotopic (exact) mass is 365 g/mol. The van der Waals surface area contributed by atoms with Crippen LogP contribution in [0.3, 0.4) is 0 Å². The number of aromatic nitrogens is 3. The lowest BCUT2D eigenvalue weighted by molar-refractivity contribution is 0.122. The van der Waals surface area contributed by atoms with E-state index >= 15 is 0 Å². The highest BCUT2D eigenvalue weighted by molar-refractivity contribution is 5.91. The zero-order chi connectivity index (χ0) is 18.6. The lowest BCUT2D eigenvalue weighted by Gasteiger charge is -2.28. The molecule has 0 amide bonds. The molecule has 0 radical (unpaired) electrons. The summed E-state index contributed by atoms with van der Waals surface area (Å²) in [6.07, 6.45) is 3.29. The third-order valence-corrected chi connectivity index (χ3v) is 4.26. The number of pyridine rings is 1. The molecule has 0 unspecified atom stereocenters. The van der Waals surface area contributed by atoms with Gasteiger partial charge in [0.2, 0.25) is 0 Å². The average molecular weight is 365 g/mol. The molecule has 3 aromatic rings. The fourth-order valence-corrected chi connectivity index (χ4v) is 2.97. The summed E-state index contributed by atoms with van der Waals surface area (Å²) in [7, 11) is 1.49. The molecule has 138 valence electrons. The van der Waals surface area contributed by atoms with Gasteiger partial charge in [-0.3, -0.25) is 4.98 Å². The molecule has 8 nitrogen and oxygen atoms in total. The molecule has 3 heterocycles. The van der Waals surface area contributed by atoms with Gasteiger partial charge in [0.15, 0.2) is 11.6 Å². The van der Waals surface area contributed by atoms with Crippen LogP contribution in [0.15, 0.2) is 41.7 Å². The first-order valence-corrected chi connectivity index (χ1v) is 8.61. The van der Waals surface area contributed by atoms with Gasteiger partial charge >= 0.3 is 0 Å². The van der Waals surface area contributed by atoms with Crippen molar-refractivity contribution in [2.75, 3.05) is 38.3 Å². The Labute approximate surface area is 156 Å². The Morgan fingerprint density at radius 3 is 2.85 bits per heavy atom. The number of fused-ring (bicyclic) bond motifs is 1. The maximum atomic E-state index is 9.82. The summed E-state index contributed by atoms with van der Waals surface area (Å²) in [4.78, 5) is 20.9. The molecule has 1 aliphatic rings. The van der Waals surface area contributed by atoms with Crippen LogP contribution in [0.5, 0.6) is 5.75 Å². The van der Waals surface area contributed by atoms with Gasteiger partial charge < -0.3 is 19.6 Å². The van der Waals surface area contributed by atoms with E-state index in [0.717, 1.165) is 35.6 Å². The van der Waals surface area contributed by atoms with Gasteiger partial charge in [-0.05, 0) is 18.2 Å². The number of phenolic OH excluding ortho intramolecular Hbond substituents is 1. The van der Waals surface area contributed by atoms with Crippen LogP contribution >= 0.6 is 0 Å². The van der Waals surface area contributed by atoms with Crippen molar-refractivity contribution in [1.82, 2.24) is 15.0 Å². The summed E-state index contributed by atoms with van der Waals surface area (Å²) in [5.74, 6) is 1.46. The van der Waals surface area contributed by atoms with Gasteiger partial charge in [-0.15, -0.1) is 0 Å². The molecule has 0 bridgehead atoms. The zero-order valence-corrected chi connectivity index (χ0v) is 14.9. The van der Waals surface area contributed by atoms with Gasteiger partial charge in [-0.1, -0.05) is 17.3 Å². The number of anilines is 1. The maximum absolute atomic E-state index is 9.82. The van der Waals surface area contributed by atoms with E-state index in [2.05, 4.69) is 20.0 Å². The molecule has 0 saturated carbocycles. The quantitative estimate of drug-likeness (QED) is 0.560. The molecule has 1 fully saturated rings. The Bertz CT molecular complexity index is 986. The van der Waals surface area contributed by atoms with Crippen molar-refractivity contribution in [2.45, 2.75) is 0 Å². The third kappa shape index (κ3) is 3.65. The van der Waals surface area contributed by atoms with Gasteiger partial charge in [-0.2, -0.15) is 0 Å². The van der Waals surface area contributed by atoms with E-state index in [9.17, 15) is 5.11 Å². The van der Waals surface area contributed by atoms with Crippen molar-refractivity contribution < 1.29 is 14.7 Å². The predicted molar refractivity (Wildman–Crippen MR) is 102 cm³/mol. The van der Waals surface area contributed by atoms with Crippen LogP contribution in [-0.2, 0) is 9.57 Å². The molecule has 0 atom stereocenters. The maximum Gasteiger partial charge on any atom is 0.162 e. The van der Waals surface area contributed by atoms with Crippen molar-refractivity contribution in [3.8, 4) is 17.1 Å². The molecule has 0 aliphatic carbocycles. The van der Waals surface area contributed by atoms with Gasteiger partial charge in [0.25, 0.3) is 0 Å². The number of hydrogen-bond acceptors (Lipinski definition) is 8. The summed E-state index contributed by atoms with van der Waals surface area (Å²) in [5, 5.41) is 13.6. The first kappa shape index (κ1) is 17.2. The Balaban J connectivity index is 1.88. The van der Waals surface area contributed by atoms with Crippen molar-refractivity contribution in [3.63, 3.8) is 0 Å². The molecule has 1 aliphatic heterocycles. The molecule has 1 N–H and O–H groups in total. The molecule has 27 heavy (non-hydrogen) atoms. The third-order valence-electron chi connectivity index (χ3n) is 4.26. The van der Waals surface area contributed by atoms with Crippen molar-refractivity contribution in [3.05, 3.63) is 42.1 Å². The molecule has 1 aromatic carbocycles. The number of hydrogen-bond donors (Lipinski definition) is 1. The predicted octanol–water partition coefficient (Wildman–Crippen LogP) is 2.21. The smallest absolute Gasteiger partial charge is 0.162 e. The second-order valence-electron chi connectivity index (χ2n) is 6.07. The number of morpholine rings is 1. The highest BCUT2D eigenvalue weighted by Crippen LogP contribution is 2.28. The van der Waals surface area contributed by atoms with Crippen molar-refractivity contribution in [2.24, 2.45) is 5.16 Å². The molecule has 8 heteroatoms. The molecular weight excluding hydrogens is 346 g/mol. The van der Waals surface area contributed by atoms with E-state index in [0.29, 0.717) is 24.6 Å². The van der Waals surface area contributed by atoms with Crippen LogP contribution in [-0.4, -0.2) is 59.7 Å². The largest absolute Gasteiger partial charge is 0.508 e. The Hall–Kier alpha value is -3.26. The fraction of sp³-hybridized carbons (Fsp3) is 0.263. The zero-order valence-electron chi connectivity index (χ0n) is 14.9.